The number of carbonyl (C=O) groups is 2. The van der Waals surface area contributed by atoms with Crippen LogP contribution in [0.15, 0.2) is 6.20 Å². The summed E-state index contributed by atoms with van der Waals surface area (Å²) >= 11 is 4.71. The maximum Gasteiger partial charge on any atom is 0.287 e. The summed E-state index contributed by atoms with van der Waals surface area (Å²) in [4.78, 5) is 26.8. The highest BCUT2D eigenvalue weighted by molar-refractivity contribution is 7.71. The summed E-state index contributed by atoms with van der Waals surface area (Å²) in [6.45, 7) is 1.29. The van der Waals surface area contributed by atoms with Crippen molar-refractivity contribution in [3.8, 4) is 0 Å². The van der Waals surface area contributed by atoms with Crippen molar-refractivity contribution in [2.24, 2.45) is 0 Å². The van der Waals surface area contributed by atoms with Crippen molar-refractivity contribution in [2.45, 2.75) is 6.92 Å². The van der Waals surface area contributed by atoms with Crippen LogP contribution in [0, 0.1) is 4.77 Å². The van der Waals surface area contributed by atoms with E-state index >= 15 is 0 Å². The van der Waals surface area contributed by atoms with E-state index < -0.39 is 5.91 Å². The number of nitrogens with one attached hydrogen (secondary N) is 4. The summed E-state index contributed by atoms with van der Waals surface area (Å²) in [5, 5.41) is 0. The number of carbonyl (C=O) groups excluding carboxylic acids is 2. The van der Waals surface area contributed by atoms with E-state index in [0.29, 0.717) is 4.77 Å². The predicted molar refractivity (Wildman–Crippen MR) is 47.3 cm³/mol. The summed E-state index contributed by atoms with van der Waals surface area (Å²) in [7, 11) is 0. The van der Waals surface area contributed by atoms with Gasteiger partial charge in [0.05, 0.1) is 0 Å². The van der Waals surface area contributed by atoms with Gasteiger partial charge in [0, 0.05) is 13.1 Å². The van der Waals surface area contributed by atoms with Gasteiger partial charge in [0.2, 0.25) is 5.91 Å². The van der Waals surface area contributed by atoms with E-state index in [1.165, 1.54) is 13.1 Å². The molecule has 1 heterocycles. The van der Waals surface area contributed by atoms with Crippen LogP contribution in [0.1, 0.15) is 17.4 Å². The van der Waals surface area contributed by atoms with Gasteiger partial charge in [-0.1, -0.05) is 0 Å². The number of hydrogen-bond acceptors (Lipinski definition) is 3. The molecule has 1 aromatic rings. The molecule has 2 amide bonds. The molecule has 6 nitrogen and oxygen atoms in total. The molecule has 0 fully saturated rings. The number of imidazole rings is 1. The molecule has 0 atom stereocenters. The van der Waals surface area contributed by atoms with E-state index in [-0.39, 0.29) is 11.6 Å². The lowest BCUT2D eigenvalue weighted by atomic mass is 10.5. The minimum atomic E-state index is -0.456. The highest BCUT2D eigenvalue weighted by atomic mass is 32.1. The van der Waals surface area contributed by atoms with Crippen molar-refractivity contribution in [1.82, 2.24) is 20.8 Å². The summed E-state index contributed by atoms with van der Waals surface area (Å²) in [5.74, 6) is -0.801. The van der Waals surface area contributed by atoms with Crippen molar-refractivity contribution < 1.29 is 9.59 Å². The molecular formula is C6H8N4O2S. The number of amides is 2. The van der Waals surface area contributed by atoms with Gasteiger partial charge < -0.3 is 9.97 Å². The zero-order valence-electron chi connectivity index (χ0n) is 6.80. The molecule has 70 valence electrons. The molecule has 0 spiro atoms. The Morgan fingerprint density at radius 3 is 2.62 bits per heavy atom. The number of rotatable bonds is 1. The molecule has 13 heavy (non-hydrogen) atoms. The Labute approximate surface area is 78.7 Å². The van der Waals surface area contributed by atoms with Gasteiger partial charge in [-0.15, -0.1) is 0 Å². The van der Waals surface area contributed by atoms with Gasteiger partial charge in [0.1, 0.15) is 5.69 Å². The van der Waals surface area contributed by atoms with Gasteiger partial charge in [-0.25, -0.2) is 0 Å². The largest absolute Gasteiger partial charge is 0.337 e. The third kappa shape index (κ3) is 2.71. The molecule has 0 radical (unpaired) electrons. The van der Waals surface area contributed by atoms with E-state index in [4.69, 9.17) is 12.2 Å². The first-order chi connectivity index (χ1) is 6.09. The molecule has 0 aliphatic rings. The third-order valence-corrected chi connectivity index (χ3v) is 1.41. The van der Waals surface area contributed by atoms with Crippen LogP contribution in [-0.4, -0.2) is 21.8 Å². The Kier molecular flexibility index (Phi) is 2.80. The van der Waals surface area contributed by atoms with Crippen molar-refractivity contribution >= 4 is 24.0 Å². The highest BCUT2D eigenvalue weighted by Crippen LogP contribution is 1.90. The molecule has 7 heteroatoms. The highest BCUT2D eigenvalue weighted by Gasteiger charge is 2.05. The summed E-state index contributed by atoms with van der Waals surface area (Å²) < 4.78 is 0.355. The molecule has 0 saturated heterocycles. The Bertz CT molecular complexity index is 380. The van der Waals surface area contributed by atoms with Crippen LogP contribution in [0.5, 0.6) is 0 Å². The smallest absolute Gasteiger partial charge is 0.287 e. The SMILES string of the molecule is CC(=O)NNC(=O)c1c[nH]c(=S)[nH]1. The normalized spacial score (nSPS) is 9.31. The molecular weight excluding hydrogens is 192 g/mol. The lowest BCUT2D eigenvalue weighted by Crippen LogP contribution is -2.40. The number of aromatic nitrogens is 2. The maximum absolute atomic E-state index is 11.1. The number of H-pyrrole nitrogens is 2. The molecule has 0 aliphatic carbocycles. The average molecular weight is 200 g/mol. The first-order valence-corrected chi connectivity index (χ1v) is 3.85. The van der Waals surface area contributed by atoms with Crippen LogP contribution in [0.2, 0.25) is 0 Å². The van der Waals surface area contributed by atoms with Crippen molar-refractivity contribution in [2.75, 3.05) is 0 Å². The fraction of sp³-hybridized carbons (Fsp3) is 0.167. The second-order valence-electron chi connectivity index (χ2n) is 2.29. The zero-order chi connectivity index (χ0) is 9.84. The molecule has 0 aliphatic heterocycles. The summed E-state index contributed by atoms with van der Waals surface area (Å²) in [5.41, 5.74) is 4.59. The van der Waals surface area contributed by atoms with Gasteiger partial charge in [-0.05, 0) is 12.2 Å². The summed E-state index contributed by atoms with van der Waals surface area (Å²) in [6.07, 6.45) is 1.42. The van der Waals surface area contributed by atoms with Crippen LogP contribution in [0.25, 0.3) is 0 Å². The van der Waals surface area contributed by atoms with Crippen molar-refractivity contribution in [1.29, 1.82) is 0 Å². The minimum absolute atomic E-state index is 0.263. The summed E-state index contributed by atoms with van der Waals surface area (Å²) in [6, 6.07) is 0. The first-order valence-electron chi connectivity index (χ1n) is 3.44. The Hall–Kier alpha value is -1.63. The van der Waals surface area contributed by atoms with Gasteiger partial charge >= 0.3 is 0 Å². The van der Waals surface area contributed by atoms with Crippen LogP contribution in [-0.2, 0) is 4.79 Å². The van der Waals surface area contributed by atoms with Crippen molar-refractivity contribution in [3.05, 3.63) is 16.7 Å². The third-order valence-electron chi connectivity index (χ3n) is 1.19. The Morgan fingerprint density at radius 1 is 1.46 bits per heavy atom. The molecule has 0 unspecified atom stereocenters. The van der Waals surface area contributed by atoms with Crippen LogP contribution < -0.4 is 10.9 Å². The van der Waals surface area contributed by atoms with Crippen LogP contribution in [0.4, 0.5) is 0 Å². The Balaban J connectivity index is 2.59. The number of aromatic amines is 2. The van der Waals surface area contributed by atoms with E-state index in [0.717, 1.165) is 0 Å². The van der Waals surface area contributed by atoms with E-state index in [1.54, 1.807) is 0 Å². The van der Waals surface area contributed by atoms with Gasteiger partial charge in [0.25, 0.3) is 5.91 Å². The predicted octanol–water partition coefficient (Wildman–Crippen LogP) is -0.147. The van der Waals surface area contributed by atoms with Gasteiger partial charge in [-0.2, -0.15) is 0 Å². The van der Waals surface area contributed by atoms with E-state index in [2.05, 4.69) is 20.8 Å². The van der Waals surface area contributed by atoms with Crippen LogP contribution >= 0.6 is 12.2 Å². The lowest BCUT2D eigenvalue weighted by Gasteiger charge is -2.01. The zero-order valence-corrected chi connectivity index (χ0v) is 7.62. The number of hydrazine groups is 1. The maximum atomic E-state index is 11.1. The second-order valence-corrected chi connectivity index (χ2v) is 2.70. The van der Waals surface area contributed by atoms with E-state index in [1.807, 2.05) is 0 Å². The van der Waals surface area contributed by atoms with Crippen molar-refractivity contribution in [3.63, 3.8) is 0 Å². The minimum Gasteiger partial charge on any atom is -0.337 e. The fourth-order valence-corrected chi connectivity index (χ4v) is 0.836. The second kappa shape index (κ2) is 3.85. The molecule has 0 aromatic carbocycles. The molecule has 4 N–H and O–H groups in total. The molecule has 0 bridgehead atoms. The standard InChI is InChI=1S/C6H8N4O2S/c1-3(11)9-10-5(12)4-2-7-6(13)8-4/h2H,1H3,(H,9,11)(H,10,12)(H2,7,8,13). The Morgan fingerprint density at radius 2 is 2.15 bits per heavy atom. The molecule has 1 aromatic heterocycles. The van der Waals surface area contributed by atoms with Gasteiger partial charge in [0.15, 0.2) is 4.77 Å². The lowest BCUT2D eigenvalue weighted by molar-refractivity contribution is -0.119. The average Bonchev–Trinajstić information content (AvgIpc) is 2.47. The first kappa shape index (κ1) is 9.46. The molecule has 0 saturated carbocycles. The van der Waals surface area contributed by atoms with Gasteiger partial charge in [-0.3, -0.25) is 20.4 Å². The topological polar surface area (TPSA) is 89.8 Å². The van der Waals surface area contributed by atoms with Crippen LogP contribution in [0.3, 0.4) is 0 Å². The number of hydrogen-bond donors (Lipinski definition) is 4. The fourth-order valence-electron chi connectivity index (χ4n) is 0.667. The quantitative estimate of drug-likeness (QED) is 0.375. The molecule has 1 rings (SSSR count). The monoisotopic (exact) mass is 200 g/mol. The van der Waals surface area contributed by atoms with E-state index in [9.17, 15) is 9.59 Å².